The molecule has 0 bridgehead atoms. The molecule has 11 atom stereocenters. The first kappa shape index (κ1) is 29.3. The average Bonchev–Trinajstić information content (AvgIpc) is 2.76. The molecule has 0 radical (unpaired) electrons. The number of methoxy groups -OCH3 is 1. The summed E-state index contributed by atoms with van der Waals surface area (Å²) >= 11 is 0. The van der Waals surface area contributed by atoms with E-state index in [0.29, 0.717) is 0 Å². The van der Waals surface area contributed by atoms with Gasteiger partial charge in [0, 0.05) is 27.4 Å². The van der Waals surface area contributed by atoms with Gasteiger partial charge in [0.1, 0.15) is 30.5 Å². The van der Waals surface area contributed by atoms with Crippen molar-refractivity contribution in [2.24, 2.45) is 0 Å². The van der Waals surface area contributed by atoms with Crippen molar-refractivity contribution in [2.75, 3.05) is 13.7 Å². The summed E-state index contributed by atoms with van der Waals surface area (Å²) in [5.41, 5.74) is 0. The van der Waals surface area contributed by atoms with Crippen LogP contribution < -0.4 is 10.6 Å². The quantitative estimate of drug-likeness (QED) is 0.147. The number of carboxylic acid groups (broad SMARTS) is 1. The number of carbonyl (C=O) groups is 3. The zero-order valence-corrected chi connectivity index (χ0v) is 19.7. The molecule has 0 aromatic rings. The first-order valence-electron chi connectivity index (χ1n) is 10.9. The number of aliphatic hydroxyl groups excluding tert-OH is 5. The van der Waals surface area contributed by atoms with E-state index in [9.17, 15) is 45.0 Å². The Labute approximate surface area is 200 Å². The predicted octanol–water partition coefficient (Wildman–Crippen LogP) is -4.22. The standard InChI is InChI=1S/C20H34N2O13/c1-7(24)12(21-8(2)25)16-13(22-9(3)26)10(27)5-20(34-16,19(30)31)35-17-14(28)11(6-23)33-18(32-4)15(17)29/h7,10-18,23-24,27-29H,5-6H2,1-4H3,(H,21,25)(H,22,26)(H,30,31)/t7-,10+,11-,12-,13-,14+,15-,16+,17+,18-,20+/m1/s1. The van der Waals surface area contributed by atoms with Crippen molar-refractivity contribution >= 4 is 17.8 Å². The van der Waals surface area contributed by atoms with Crippen molar-refractivity contribution in [3.8, 4) is 0 Å². The SMILES string of the molecule is CO[C@@H]1O[C@H](CO)[C@H](O)[C@H](O[C@]2(C(=O)O)C[C@H](O)[C@@H](NC(C)=O)[C@H]([C@H](NC(C)=O)[C@@H](C)O)O2)[C@H]1O. The Morgan fingerprint density at radius 3 is 2.23 bits per heavy atom. The fourth-order valence-electron chi connectivity index (χ4n) is 4.26. The normalized spacial score (nSPS) is 39.3. The van der Waals surface area contributed by atoms with Crippen molar-refractivity contribution in [3.05, 3.63) is 0 Å². The second-order valence-corrected chi connectivity index (χ2v) is 8.63. The zero-order valence-electron chi connectivity index (χ0n) is 19.7. The molecule has 2 heterocycles. The Morgan fingerprint density at radius 2 is 1.77 bits per heavy atom. The van der Waals surface area contributed by atoms with Gasteiger partial charge in [-0.25, -0.2) is 4.79 Å². The summed E-state index contributed by atoms with van der Waals surface area (Å²) in [6, 6.07) is -2.60. The van der Waals surface area contributed by atoms with Crippen LogP contribution in [-0.2, 0) is 33.3 Å². The Balaban J connectivity index is 2.51. The zero-order chi connectivity index (χ0) is 26.7. The van der Waals surface area contributed by atoms with Gasteiger partial charge >= 0.3 is 5.97 Å². The highest BCUT2D eigenvalue weighted by molar-refractivity contribution is 5.77. The fourth-order valence-corrected chi connectivity index (χ4v) is 4.26. The lowest BCUT2D eigenvalue weighted by Crippen LogP contribution is -2.71. The van der Waals surface area contributed by atoms with Crippen LogP contribution in [-0.4, -0.2) is 129 Å². The van der Waals surface area contributed by atoms with Crippen LogP contribution in [0.3, 0.4) is 0 Å². The summed E-state index contributed by atoms with van der Waals surface area (Å²) in [5, 5.41) is 66.7. The van der Waals surface area contributed by atoms with Gasteiger partial charge in [-0.3, -0.25) is 9.59 Å². The van der Waals surface area contributed by atoms with Crippen LogP contribution in [0.15, 0.2) is 0 Å². The second-order valence-electron chi connectivity index (χ2n) is 8.63. The summed E-state index contributed by atoms with van der Waals surface area (Å²) in [7, 11) is 1.17. The first-order chi connectivity index (χ1) is 16.3. The van der Waals surface area contributed by atoms with E-state index in [1.54, 1.807) is 0 Å². The molecule has 15 heteroatoms. The van der Waals surface area contributed by atoms with E-state index in [4.69, 9.17) is 18.9 Å². The predicted molar refractivity (Wildman–Crippen MR) is 112 cm³/mol. The molecule has 2 aliphatic heterocycles. The Morgan fingerprint density at radius 1 is 1.14 bits per heavy atom. The third kappa shape index (κ3) is 6.44. The number of hydrogen-bond donors (Lipinski definition) is 8. The highest BCUT2D eigenvalue weighted by atomic mass is 16.7. The molecule has 0 unspecified atom stereocenters. The minimum Gasteiger partial charge on any atom is -0.477 e. The number of aliphatic hydroxyl groups is 5. The highest BCUT2D eigenvalue weighted by Gasteiger charge is 2.59. The van der Waals surface area contributed by atoms with E-state index in [0.717, 1.165) is 13.8 Å². The molecule has 2 aliphatic rings. The number of ether oxygens (including phenoxy) is 4. The van der Waals surface area contributed by atoms with Crippen LogP contribution in [0.5, 0.6) is 0 Å². The van der Waals surface area contributed by atoms with Gasteiger partial charge < -0.3 is 60.2 Å². The number of nitrogens with one attached hydrogen (secondary N) is 2. The average molecular weight is 510 g/mol. The van der Waals surface area contributed by atoms with Crippen LogP contribution in [0.4, 0.5) is 0 Å². The van der Waals surface area contributed by atoms with E-state index in [1.165, 1.54) is 14.0 Å². The van der Waals surface area contributed by atoms with E-state index in [-0.39, 0.29) is 0 Å². The smallest absolute Gasteiger partial charge is 0.364 e. The van der Waals surface area contributed by atoms with Crippen LogP contribution >= 0.6 is 0 Å². The molecule has 0 spiro atoms. The van der Waals surface area contributed by atoms with Crippen molar-refractivity contribution in [1.29, 1.82) is 0 Å². The Kier molecular flexibility index (Phi) is 9.92. The fraction of sp³-hybridized carbons (Fsp3) is 0.850. The number of hydrogen-bond acceptors (Lipinski definition) is 12. The monoisotopic (exact) mass is 510 g/mol. The summed E-state index contributed by atoms with van der Waals surface area (Å²) in [5.74, 6) is -5.72. The van der Waals surface area contributed by atoms with Gasteiger partial charge in [-0.05, 0) is 6.92 Å². The number of amides is 2. The molecule has 0 aromatic carbocycles. The van der Waals surface area contributed by atoms with Gasteiger partial charge in [0.15, 0.2) is 6.29 Å². The summed E-state index contributed by atoms with van der Waals surface area (Å²) < 4.78 is 21.5. The van der Waals surface area contributed by atoms with Gasteiger partial charge in [-0.15, -0.1) is 0 Å². The lowest BCUT2D eigenvalue weighted by Gasteiger charge is -2.50. The highest BCUT2D eigenvalue weighted by Crippen LogP contribution is 2.37. The number of carboxylic acids is 1. The topological polar surface area (TPSA) is 234 Å². The molecular formula is C20H34N2O13. The molecule has 15 nitrogen and oxygen atoms in total. The summed E-state index contributed by atoms with van der Waals surface area (Å²) in [6.45, 7) is 2.83. The van der Waals surface area contributed by atoms with Crippen molar-refractivity contribution in [1.82, 2.24) is 10.6 Å². The minimum absolute atomic E-state index is 0.609. The molecule has 0 aliphatic carbocycles. The van der Waals surface area contributed by atoms with Gasteiger partial charge in [0.2, 0.25) is 11.8 Å². The molecule has 35 heavy (non-hydrogen) atoms. The van der Waals surface area contributed by atoms with Crippen LogP contribution in [0.25, 0.3) is 0 Å². The van der Waals surface area contributed by atoms with Crippen LogP contribution in [0, 0.1) is 0 Å². The van der Waals surface area contributed by atoms with Crippen molar-refractivity contribution < 1.29 is 64.0 Å². The minimum atomic E-state index is -2.73. The second kappa shape index (κ2) is 11.9. The molecule has 8 N–H and O–H groups in total. The lowest BCUT2D eigenvalue weighted by atomic mass is 9.87. The summed E-state index contributed by atoms with van der Waals surface area (Å²) in [6.07, 6.45) is -13.3. The molecule has 0 aromatic heterocycles. The molecule has 0 saturated carbocycles. The third-order valence-corrected chi connectivity index (χ3v) is 5.89. The van der Waals surface area contributed by atoms with Crippen molar-refractivity contribution in [2.45, 2.75) is 94.1 Å². The molecule has 2 fully saturated rings. The molecule has 202 valence electrons. The van der Waals surface area contributed by atoms with Gasteiger partial charge in [0.25, 0.3) is 5.79 Å². The Hall–Kier alpha value is -1.95. The molecule has 2 saturated heterocycles. The first-order valence-corrected chi connectivity index (χ1v) is 10.9. The van der Waals surface area contributed by atoms with E-state index >= 15 is 0 Å². The van der Waals surface area contributed by atoms with E-state index in [2.05, 4.69) is 10.6 Å². The molecule has 2 amide bonds. The number of rotatable bonds is 9. The van der Waals surface area contributed by atoms with Gasteiger partial charge in [-0.1, -0.05) is 0 Å². The lowest BCUT2D eigenvalue weighted by molar-refractivity contribution is -0.364. The van der Waals surface area contributed by atoms with E-state index in [1.807, 2.05) is 0 Å². The van der Waals surface area contributed by atoms with Gasteiger partial charge in [0.05, 0.1) is 30.9 Å². The van der Waals surface area contributed by atoms with E-state index < -0.39 is 97.7 Å². The van der Waals surface area contributed by atoms with Gasteiger partial charge in [-0.2, -0.15) is 0 Å². The van der Waals surface area contributed by atoms with Crippen LogP contribution in [0.2, 0.25) is 0 Å². The van der Waals surface area contributed by atoms with Crippen LogP contribution in [0.1, 0.15) is 27.2 Å². The van der Waals surface area contributed by atoms with Crippen molar-refractivity contribution in [3.63, 3.8) is 0 Å². The molecule has 2 rings (SSSR count). The molecular weight excluding hydrogens is 476 g/mol. The largest absolute Gasteiger partial charge is 0.477 e. The maximum atomic E-state index is 12.4. The summed E-state index contributed by atoms with van der Waals surface area (Å²) in [4.78, 5) is 35.9. The Bertz CT molecular complexity index is 733. The number of carbonyl (C=O) groups excluding carboxylic acids is 2. The maximum Gasteiger partial charge on any atom is 0.364 e. The number of aliphatic carboxylic acids is 1. The maximum absolute atomic E-state index is 12.4. The third-order valence-electron chi connectivity index (χ3n) is 5.89.